The Morgan fingerprint density at radius 1 is 1.53 bits per heavy atom. The summed E-state index contributed by atoms with van der Waals surface area (Å²) in [4.78, 5) is 0. The van der Waals surface area contributed by atoms with Crippen molar-refractivity contribution < 1.29 is 0 Å². The molecular formula is C12H15N3. The third kappa shape index (κ3) is 1.66. The smallest absolute Gasteiger partial charge is 0.0712 e. The van der Waals surface area contributed by atoms with Crippen molar-refractivity contribution >= 4 is 5.52 Å². The summed E-state index contributed by atoms with van der Waals surface area (Å²) in [6.07, 6.45) is 3.84. The first-order valence-corrected chi connectivity index (χ1v) is 4.99. The maximum absolute atomic E-state index is 4.31. The van der Waals surface area contributed by atoms with E-state index in [0.29, 0.717) is 0 Å². The molecule has 0 radical (unpaired) electrons. The van der Waals surface area contributed by atoms with Gasteiger partial charge in [0.25, 0.3) is 0 Å². The fraction of sp³-hybridized carbons (Fsp3) is 0.250. The number of pyridine rings is 1. The topological polar surface area (TPSA) is 29.3 Å². The SMILES string of the molecule is C=C(C)C(NC)c1cnn2ccccc12. The van der Waals surface area contributed by atoms with Gasteiger partial charge in [-0.15, -0.1) is 0 Å². The molecule has 0 amide bonds. The minimum Gasteiger partial charge on any atom is -0.310 e. The van der Waals surface area contributed by atoms with E-state index < -0.39 is 0 Å². The lowest BCUT2D eigenvalue weighted by Crippen LogP contribution is -2.16. The van der Waals surface area contributed by atoms with Crippen LogP contribution in [0.15, 0.2) is 42.7 Å². The molecule has 0 aliphatic carbocycles. The Kier molecular flexibility index (Phi) is 2.56. The molecule has 0 aliphatic heterocycles. The maximum Gasteiger partial charge on any atom is 0.0712 e. The number of hydrogen-bond donors (Lipinski definition) is 1. The number of likely N-dealkylation sites (N-methyl/N-ethyl adjacent to an activating group) is 1. The first-order chi connectivity index (χ1) is 7.24. The van der Waals surface area contributed by atoms with Gasteiger partial charge in [0.15, 0.2) is 0 Å². The standard InChI is InChI=1S/C12H15N3/c1-9(2)12(13-3)10-8-14-15-7-5-4-6-11(10)15/h4-8,12-13H,1H2,2-3H3. The monoisotopic (exact) mass is 201 g/mol. The van der Waals surface area contributed by atoms with E-state index in [2.05, 4.69) is 23.1 Å². The van der Waals surface area contributed by atoms with Crippen molar-refractivity contribution in [2.75, 3.05) is 7.05 Å². The predicted molar refractivity (Wildman–Crippen MR) is 61.8 cm³/mol. The van der Waals surface area contributed by atoms with E-state index in [4.69, 9.17) is 0 Å². The molecule has 3 nitrogen and oxygen atoms in total. The van der Waals surface area contributed by atoms with E-state index in [1.54, 1.807) is 0 Å². The molecule has 1 unspecified atom stereocenters. The van der Waals surface area contributed by atoms with Crippen LogP contribution in [0.5, 0.6) is 0 Å². The van der Waals surface area contributed by atoms with Gasteiger partial charge in [0.2, 0.25) is 0 Å². The van der Waals surface area contributed by atoms with Crippen LogP contribution in [0.3, 0.4) is 0 Å². The van der Waals surface area contributed by atoms with Crippen molar-refractivity contribution in [2.45, 2.75) is 13.0 Å². The van der Waals surface area contributed by atoms with Gasteiger partial charge in [0.05, 0.1) is 17.8 Å². The summed E-state index contributed by atoms with van der Waals surface area (Å²) in [5, 5.41) is 7.55. The van der Waals surface area contributed by atoms with Crippen molar-refractivity contribution in [3.63, 3.8) is 0 Å². The highest BCUT2D eigenvalue weighted by molar-refractivity contribution is 5.56. The molecule has 2 aromatic rings. The summed E-state index contributed by atoms with van der Waals surface area (Å²) in [5.41, 5.74) is 3.39. The molecule has 1 N–H and O–H groups in total. The molecule has 0 aliphatic rings. The average molecular weight is 201 g/mol. The normalized spacial score (nSPS) is 12.9. The molecule has 0 spiro atoms. The first kappa shape index (κ1) is 9.93. The Morgan fingerprint density at radius 3 is 3.00 bits per heavy atom. The molecule has 3 heteroatoms. The quantitative estimate of drug-likeness (QED) is 0.771. The highest BCUT2D eigenvalue weighted by atomic mass is 15.2. The highest BCUT2D eigenvalue weighted by Crippen LogP contribution is 2.23. The Morgan fingerprint density at radius 2 is 2.33 bits per heavy atom. The Bertz CT molecular complexity index is 484. The van der Waals surface area contributed by atoms with Gasteiger partial charge in [-0.2, -0.15) is 5.10 Å². The van der Waals surface area contributed by atoms with Crippen LogP contribution < -0.4 is 5.32 Å². The van der Waals surface area contributed by atoms with E-state index in [-0.39, 0.29) is 6.04 Å². The highest BCUT2D eigenvalue weighted by Gasteiger charge is 2.14. The predicted octanol–water partition coefficient (Wildman–Crippen LogP) is 2.17. The van der Waals surface area contributed by atoms with Crippen molar-refractivity contribution in [3.8, 4) is 0 Å². The van der Waals surface area contributed by atoms with Crippen LogP contribution in [0.4, 0.5) is 0 Å². The molecule has 0 fully saturated rings. The molecule has 2 heterocycles. The molecule has 0 saturated carbocycles. The number of fused-ring (bicyclic) bond motifs is 1. The zero-order chi connectivity index (χ0) is 10.8. The van der Waals surface area contributed by atoms with E-state index in [1.165, 1.54) is 5.56 Å². The van der Waals surface area contributed by atoms with Crippen molar-refractivity contribution in [1.82, 2.24) is 14.9 Å². The molecule has 78 valence electrons. The minimum absolute atomic E-state index is 0.171. The van der Waals surface area contributed by atoms with E-state index >= 15 is 0 Å². The van der Waals surface area contributed by atoms with Crippen LogP contribution in [-0.2, 0) is 0 Å². The van der Waals surface area contributed by atoms with E-state index in [0.717, 1.165) is 11.1 Å². The number of rotatable bonds is 3. The van der Waals surface area contributed by atoms with Gasteiger partial charge in [-0.05, 0) is 26.1 Å². The fourth-order valence-electron chi connectivity index (χ4n) is 1.84. The largest absolute Gasteiger partial charge is 0.310 e. The summed E-state index contributed by atoms with van der Waals surface area (Å²) in [7, 11) is 1.94. The lowest BCUT2D eigenvalue weighted by molar-refractivity contribution is 0.684. The number of hydrogen-bond acceptors (Lipinski definition) is 2. The molecular weight excluding hydrogens is 186 g/mol. The lowest BCUT2D eigenvalue weighted by atomic mass is 10.0. The van der Waals surface area contributed by atoms with Gasteiger partial charge in [0.1, 0.15) is 0 Å². The number of nitrogens with one attached hydrogen (secondary N) is 1. The second-order valence-electron chi connectivity index (χ2n) is 3.70. The Balaban J connectivity index is 2.55. The first-order valence-electron chi connectivity index (χ1n) is 4.99. The van der Waals surface area contributed by atoms with Crippen LogP contribution in [0.25, 0.3) is 5.52 Å². The fourth-order valence-corrected chi connectivity index (χ4v) is 1.84. The lowest BCUT2D eigenvalue weighted by Gasteiger charge is -2.14. The summed E-state index contributed by atoms with van der Waals surface area (Å²) in [6, 6.07) is 6.23. The van der Waals surface area contributed by atoms with E-state index in [9.17, 15) is 0 Å². The van der Waals surface area contributed by atoms with Crippen molar-refractivity contribution in [1.29, 1.82) is 0 Å². The van der Waals surface area contributed by atoms with Crippen LogP contribution in [0.2, 0.25) is 0 Å². The van der Waals surface area contributed by atoms with Crippen molar-refractivity contribution in [3.05, 3.63) is 48.3 Å². The third-order valence-corrected chi connectivity index (χ3v) is 2.55. The van der Waals surface area contributed by atoms with Gasteiger partial charge in [-0.25, -0.2) is 4.52 Å². The average Bonchev–Trinajstić information content (AvgIpc) is 2.63. The van der Waals surface area contributed by atoms with E-state index in [1.807, 2.05) is 43.0 Å². The van der Waals surface area contributed by atoms with Crippen LogP contribution in [0, 0.1) is 0 Å². The molecule has 1 atom stereocenters. The van der Waals surface area contributed by atoms with Gasteiger partial charge < -0.3 is 5.32 Å². The second-order valence-corrected chi connectivity index (χ2v) is 3.70. The summed E-state index contributed by atoms with van der Waals surface area (Å²) < 4.78 is 1.88. The summed E-state index contributed by atoms with van der Waals surface area (Å²) >= 11 is 0. The Hall–Kier alpha value is -1.61. The van der Waals surface area contributed by atoms with Gasteiger partial charge in [-0.1, -0.05) is 18.2 Å². The molecule has 15 heavy (non-hydrogen) atoms. The Labute approximate surface area is 89.4 Å². The second kappa shape index (κ2) is 3.87. The molecule has 2 aromatic heterocycles. The summed E-state index contributed by atoms with van der Waals surface area (Å²) in [5.74, 6) is 0. The zero-order valence-electron chi connectivity index (χ0n) is 9.07. The van der Waals surface area contributed by atoms with Gasteiger partial charge in [0, 0.05) is 11.8 Å². The van der Waals surface area contributed by atoms with Crippen LogP contribution in [0.1, 0.15) is 18.5 Å². The van der Waals surface area contributed by atoms with Crippen LogP contribution in [-0.4, -0.2) is 16.7 Å². The molecule has 0 saturated heterocycles. The molecule has 0 aromatic carbocycles. The minimum atomic E-state index is 0.171. The van der Waals surface area contributed by atoms with Crippen LogP contribution >= 0.6 is 0 Å². The third-order valence-electron chi connectivity index (χ3n) is 2.55. The van der Waals surface area contributed by atoms with Crippen molar-refractivity contribution in [2.24, 2.45) is 0 Å². The summed E-state index contributed by atoms with van der Waals surface area (Å²) in [6.45, 7) is 6.01. The van der Waals surface area contributed by atoms with Gasteiger partial charge >= 0.3 is 0 Å². The molecule has 0 bridgehead atoms. The number of nitrogens with zero attached hydrogens (tertiary/aromatic N) is 2. The number of aromatic nitrogens is 2. The van der Waals surface area contributed by atoms with Gasteiger partial charge in [-0.3, -0.25) is 0 Å². The zero-order valence-corrected chi connectivity index (χ0v) is 9.07. The molecule has 2 rings (SSSR count). The maximum atomic E-state index is 4.31.